The molecule has 0 bridgehead atoms. The van der Waals surface area contributed by atoms with Crippen LogP contribution in [0.3, 0.4) is 0 Å². The molecule has 0 atom stereocenters. The fourth-order valence-electron chi connectivity index (χ4n) is 2.89. The molecule has 7 heteroatoms. The molecule has 0 aliphatic carbocycles. The third-order valence-electron chi connectivity index (χ3n) is 4.21. The molecule has 1 aromatic heterocycles. The van der Waals surface area contributed by atoms with Crippen LogP contribution < -0.4 is 0 Å². The predicted molar refractivity (Wildman–Crippen MR) is 104 cm³/mol. The summed E-state index contributed by atoms with van der Waals surface area (Å²) < 4.78 is 28.2. The van der Waals surface area contributed by atoms with Crippen LogP contribution in [0.1, 0.15) is 17.0 Å². The van der Waals surface area contributed by atoms with Crippen LogP contribution in [0, 0.1) is 16.4 Å². The average Bonchev–Trinajstić information content (AvgIpc) is 3.02. The summed E-state index contributed by atoms with van der Waals surface area (Å²) in [6.07, 6.45) is 1.93. The molecule has 3 aromatic carbocycles. The van der Waals surface area contributed by atoms with Gasteiger partial charge in [0.1, 0.15) is 0 Å². The van der Waals surface area contributed by atoms with Gasteiger partial charge in [0.2, 0.25) is 4.77 Å². The van der Waals surface area contributed by atoms with Crippen LogP contribution in [0.4, 0.5) is 8.78 Å². The zero-order valence-corrected chi connectivity index (χ0v) is 14.9. The molecule has 4 nitrogen and oxygen atoms in total. The molecule has 0 amide bonds. The fraction of sp³-hybridized carbons (Fsp3) is 0.0500. The van der Waals surface area contributed by atoms with Gasteiger partial charge in [-0.1, -0.05) is 48.5 Å². The second-order valence-electron chi connectivity index (χ2n) is 5.99. The number of rotatable bonds is 4. The predicted octanol–water partition coefficient (Wildman–Crippen LogP) is 4.85. The molecule has 0 unspecified atom stereocenters. The smallest absolute Gasteiger partial charge is 0.216 e. The van der Waals surface area contributed by atoms with E-state index in [0.29, 0.717) is 22.6 Å². The van der Waals surface area contributed by atoms with E-state index in [4.69, 9.17) is 12.2 Å². The Balaban J connectivity index is 1.68. The standard InChI is InChI=1S/C20H14F2N4S/c21-17-9-8-13(10-18(17)22)12-23-26-19(24-25-20(26)27)11-15-6-3-5-14-4-1-2-7-16(14)15/h1-10,12H,11H2,(H,25,27)/b23-12-. The largest absolute Gasteiger partial charge is 0.250 e. The maximum absolute atomic E-state index is 13.4. The number of aromatic amines is 1. The first-order chi connectivity index (χ1) is 13.1. The number of aromatic nitrogens is 3. The summed E-state index contributed by atoms with van der Waals surface area (Å²) in [5.41, 5.74) is 1.51. The second kappa shape index (κ2) is 7.20. The Morgan fingerprint density at radius 3 is 2.70 bits per heavy atom. The number of hydrogen-bond donors (Lipinski definition) is 1. The summed E-state index contributed by atoms with van der Waals surface area (Å²) in [6.45, 7) is 0. The van der Waals surface area contributed by atoms with E-state index >= 15 is 0 Å². The van der Waals surface area contributed by atoms with Gasteiger partial charge in [-0.2, -0.15) is 14.9 Å². The van der Waals surface area contributed by atoms with Gasteiger partial charge >= 0.3 is 0 Å². The maximum atomic E-state index is 13.4. The van der Waals surface area contributed by atoms with Gasteiger partial charge in [-0.25, -0.2) is 8.78 Å². The zero-order chi connectivity index (χ0) is 18.8. The van der Waals surface area contributed by atoms with E-state index in [1.165, 1.54) is 17.0 Å². The zero-order valence-electron chi connectivity index (χ0n) is 14.1. The number of halogens is 2. The summed E-state index contributed by atoms with van der Waals surface area (Å²) in [5, 5.41) is 13.5. The first kappa shape index (κ1) is 17.2. The quantitative estimate of drug-likeness (QED) is 0.407. The molecule has 1 N–H and O–H groups in total. The van der Waals surface area contributed by atoms with Crippen LogP contribution >= 0.6 is 12.2 Å². The average molecular weight is 380 g/mol. The highest BCUT2D eigenvalue weighted by Gasteiger charge is 2.09. The SMILES string of the molecule is Fc1ccc(/C=N\n2c(Cc3cccc4ccccc34)n[nH]c2=S)cc1F. The molecule has 4 aromatic rings. The molecule has 0 saturated carbocycles. The van der Waals surface area contributed by atoms with E-state index in [2.05, 4.69) is 33.5 Å². The van der Waals surface area contributed by atoms with Gasteiger partial charge in [-0.15, -0.1) is 0 Å². The van der Waals surface area contributed by atoms with Crippen molar-refractivity contribution in [2.75, 3.05) is 0 Å². The highest BCUT2D eigenvalue weighted by Crippen LogP contribution is 2.20. The number of H-pyrrole nitrogens is 1. The molecular weight excluding hydrogens is 366 g/mol. The fourth-order valence-corrected chi connectivity index (χ4v) is 3.09. The molecule has 0 fully saturated rings. The summed E-state index contributed by atoms with van der Waals surface area (Å²) in [7, 11) is 0. The number of nitrogens with one attached hydrogen (secondary N) is 1. The van der Waals surface area contributed by atoms with Crippen LogP contribution in [0.2, 0.25) is 0 Å². The van der Waals surface area contributed by atoms with Crippen LogP contribution in [-0.4, -0.2) is 21.1 Å². The minimum absolute atomic E-state index is 0.323. The minimum atomic E-state index is -0.925. The molecular formula is C20H14F2N4S. The summed E-state index contributed by atoms with van der Waals surface area (Å²) in [5.74, 6) is -1.20. The molecule has 4 rings (SSSR count). The second-order valence-corrected chi connectivity index (χ2v) is 6.38. The van der Waals surface area contributed by atoms with E-state index in [1.807, 2.05) is 24.3 Å². The normalized spacial score (nSPS) is 11.5. The third kappa shape index (κ3) is 3.54. The van der Waals surface area contributed by atoms with Crippen molar-refractivity contribution in [1.29, 1.82) is 0 Å². The summed E-state index contributed by atoms with van der Waals surface area (Å²) in [6, 6.07) is 17.7. The lowest BCUT2D eigenvalue weighted by atomic mass is 10.0. The van der Waals surface area contributed by atoms with Crippen LogP contribution in [0.15, 0.2) is 65.8 Å². The Morgan fingerprint density at radius 1 is 1.04 bits per heavy atom. The van der Waals surface area contributed by atoms with Crippen molar-refractivity contribution in [3.8, 4) is 0 Å². The summed E-state index contributed by atoms with van der Waals surface area (Å²) in [4.78, 5) is 0. The topological polar surface area (TPSA) is 46.0 Å². The molecule has 0 aliphatic heterocycles. The molecule has 134 valence electrons. The lowest BCUT2D eigenvalue weighted by Crippen LogP contribution is -2.01. The van der Waals surface area contributed by atoms with E-state index in [9.17, 15) is 8.78 Å². The first-order valence-corrected chi connectivity index (χ1v) is 8.65. The number of benzene rings is 3. The van der Waals surface area contributed by atoms with Crippen molar-refractivity contribution < 1.29 is 8.78 Å². The maximum Gasteiger partial charge on any atom is 0.216 e. The number of fused-ring (bicyclic) bond motifs is 1. The lowest BCUT2D eigenvalue weighted by molar-refractivity contribution is 0.508. The van der Waals surface area contributed by atoms with E-state index in [0.717, 1.165) is 28.5 Å². The lowest BCUT2D eigenvalue weighted by Gasteiger charge is -2.06. The third-order valence-corrected chi connectivity index (χ3v) is 4.48. The number of hydrogen-bond acceptors (Lipinski definition) is 3. The van der Waals surface area contributed by atoms with Gasteiger partial charge in [0, 0.05) is 6.42 Å². The monoisotopic (exact) mass is 380 g/mol. The Morgan fingerprint density at radius 2 is 1.85 bits per heavy atom. The summed E-state index contributed by atoms with van der Waals surface area (Å²) >= 11 is 5.24. The van der Waals surface area contributed by atoms with Gasteiger partial charge in [-0.3, -0.25) is 5.10 Å². The number of nitrogens with zero attached hydrogens (tertiary/aromatic N) is 3. The Bertz CT molecular complexity index is 1200. The van der Waals surface area contributed by atoms with Crippen LogP contribution in [0.25, 0.3) is 10.8 Å². The minimum Gasteiger partial charge on any atom is -0.250 e. The molecule has 0 aliphatic rings. The molecule has 0 radical (unpaired) electrons. The molecule has 0 saturated heterocycles. The molecule has 1 heterocycles. The highest BCUT2D eigenvalue weighted by molar-refractivity contribution is 7.71. The van der Waals surface area contributed by atoms with Gasteiger partial charge in [0.05, 0.1) is 6.21 Å². The molecule has 27 heavy (non-hydrogen) atoms. The van der Waals surface area contributed by atoms with Crippen molar-refractivity contribution >= 4 is 29.2 Å². The van der Waals surface area contributed by atoms with Gasteiger partial charge in [-0.05, 0) is 46.2 Å². The van der Waals surface area contributed by atoms with Crippen molar-refractivity contribution in [1.82, 2.24) is 14.9 Å². The Labute approximate surface area is 158 Å². The van der Waals surface area contributed by atoms with E-state index in [-0.39, 0.29) is 0 Å². The van der Waals surface area contributed by atoms with Crippen LogP contribution in [-0.2, 0) is 6.42 Å². The van der Waals surface area contributed by atoms with Gasteiger partial charge in [0.15, 0.2) is 17.5 Å². The van der Waals surface area contributed by atoms with Crippen molar-refractivity contribution in [2.45, 2.75) is 6.42 Å². The Hall–Kier alpha value is -3.19. The van der Waals surface area contributed by atoms with Crippen LogP contribution in [0.5, 0.6) is 0 Å². The highest BCUT2D eigenvalue weighted by atomic mass is 32.1. The van der Waals surface area contributed by atoms with E-state index < -0.39 is 11.6 Å². The Kier molecular flexibility index (Phi) is 4.60. The van der Waals surface area contributed by atoms with Gasteiger partial charge < -0.3 is 0 Å². The van der Waals surface area contributed by atoms with Crippen molar-refractivity contribution in [2.24, 2.45) is 5.10 Å². The van der Waals surface area contributed by atoms with Gasteiger partial charge in [0.25, 0.3) is 0 Å². The first-order valence-electron chi connectivity index (χ1n) is 8.24. The van der Waals surface area contributed by atoms with Crippen molar-refractivity contribution in [3.05, 3.63) is 94.0 Å². The van der Waals surface area contributed by atoms with Crippen molar-refractivity contribution in [3.63, 3.8) is 0 Å². The van der Waals surface area contributed by atoms with E-state index in [1.54, 1.807) is 0 Å². The molecule has 0 spiro atoms.